The lowest BCUT2D eigenvalue weighted by Crippen LogP contribution is -2.16. The zero-order chi connectivity index (χ0) is 17.7. The number of aryl methyl sites for hydroxylation is 1. The van der Waals surface area contributed by atoms with Crippen molar-refractivity contribution in [3.05, 3.63) is 51.0 Å². The number of halogens is 3. The number of benzene rings is 2. The van der Waals surface area contributed by atoms with E-state index in [1.54, 1.807) is 31.4 Å². The molecule has 0 saturated heterocycles. The lowest BCUT2D eigenvalue weighted by molar-refractivity contribution is -0.115. The van der Waals surface area contributed by atoms with Crippen molar-refractivity contribution in [1.82, 2.24) is 0 Å². The molecule has 128 valence electrons. The summed E-state index contributed by atoms with van der Waals surface area (Å²) in [7, 11) is 1.57. The van der Waals surface area contributed by atoms with Crippen LogP contribution in [0, 0.1) is 6.92 Å². The maximum Gasteiger partial charge on any atom is 0.226 e. The highest BCUT2D eigenvalue weighted by Crippen LogP contribution is 2.31. The van der Waals surface area contributed by atoms with Gasteiger partial charge in [-0.1, -0.05) is 34.8 Å². The van der Waals surface area contributed by atoms with Crippen LogP contribution in [-0.2, 0) is 4.79 Å². The lowest BCUT2D eigenvalue weighted by atomic mass is 10.2. The summed E-state index contributed by atoms with van der Waals surface area (Å²) in [4.78, 5) is 12.0. The van der Waals surface area contributed by atoms with E-state index in [-0.39, 0.29) is 12.3 Å². The normalized spacial score (nSPS) is 10.4. The summed E-state index contributed by atoms with van der Waals surface area (Å²) in [6.45, 7) is 2.34. The fourth-order valence-corrected chi connectivity index (χ4v) is 2.58. The van der Waals surface area contributed by atoms with Crippen molar-refractivity contribution in [2.75, 3.05) is 24.3 Å². The van der Waals surface area contributed by atoms with Crippen molar-refractivity contribution in [2.24, 2.45) is 0 Å². The number of carbonyl (C=O) groups is 1. The fraction of sp³-hybridized carbons (Fsp3) is 0.235. The molecule has 2 aromatic carbocycles. The van der Waals surface area contributed by atoms with Crippen molar-refractivity contribution in [3.63, 3.8) is 0 Å². The van der Waals surface area contributed by atoms with Gasteiger partial charge in [0.15, 0.2) is 0 Å². The molecule has 0 bridgehead atoms. The second kappa shape index (κ2) is 8.47. The smallest absolute Gasteiger partial charge is 0.226 e. The van der Waals surface area contributed by atoms with E-state index >= 15 is 0 Å². The van der Waals surface area contributed by atoms with Gasteiger partial charge in [-0.05, 0) is 36.8 Å². The van der Waals surface area contributed by atoms with E-state index in [1.165, 1.54) is 0 Å². The molecule has 2 aromatic rings. The predicted octanol–water partition coefficient (Wildman–Crippen LogP) is 5.40. The van der Waals surface area contributed by atoms with Gasteiger partial charge in [-0.3, -0.25) is 4.79 Å². The van der Waals surface area contributed by atoms with Crippen LogP contribution in [0.15, 0.2) is 30.3 Å². The molecule has 0 aliphatic carbocycles. The van der Waals surface area contributed by atoms with E-state index in [0.717, 1.165) is 11.3 Å². The molecule has 0 radical (unpaired) electrons. The van der Waals surface area contributed by atoms with Gasteiger partial charge >= 0.3 is 0 Å². The molecule has 0 spiro atoms. The lowest BCUT2D eigenvalue weighted by Gasteiger charge is -2.13. The number of carbonyl (C=O) groups excluding carboxylic acids is 1. The highest BCUT2D eigenvalue weighted by molar-refractivity contribution is 6.35. The van der Waals surface area contributed by atoms with Crippen LogP contribution in [0.4, 0.5) is 11.4 Å². The van der Waals surface area contributed by atoms with Crippen molar-refractivity contribution < 1.29 is 9.53 Å². The Morgan fingerprint density at radius 2 is 1.83 bits per heavy atom. The molecule has 4 nitrogen and oxygen atoms in total. The number of rotatable bonds is 6. The Bertz CT molecular complexity index is 751. The SMILES string of the molecule is COc1cc(Cl)c(C)cc1NCCC(=O)Nc1cc(Cl)ccc1Cl. The van der Waals surface area contributed by atoms with Gasteiger partial charge in [-0.15, -0.1) is 0 Å². The fourth-order valence-electron chi connectivity index (χ4n) is 2.09. The molecule has 0 heterocycles. The monoisotopic (exact) mass is 386 g/mol. The number of anilines is 2. The topological polar surface area (TPSA) is 50.4 Å². The van der Waals surface area contributed by atoms with Crippen molar-refractivity contribution in [2.45, 2.75) is 13.3 Å². The average molecular weight is 388 g/mol. The molecule has 0 unspecified atom stereocenters. The van der Waals surface area contributed by atoms with Gasteiger partial charge in [-0.25, -0.2) is 0 Å². The number of hydrogen-bond acceptors (Lipinski definition) is 3. The minimum absolute atomic E-state index is 0.170. The summed E-state index contributed by atoms with van der Waals surface area (Å²) in [6, 6.07) is 8.54. The van der Waals surface area contributed by atoms with E-state index in [4.69, 9.17) is 39.5 Å². The Morgan fingerprint density at radius 3 is 2.54 bits per heavy atom. The Balaban J connectivity index is 1.93. The van der Waals surface area contributed by atoms with Gasteiger partial charge < -0.3 is 15.4 Å². The first-order chi connectivity index (χ1) is 11.4. The van der Waals surface area contributed by atoms with Crippen molar-refractivity contribution in [3.8, 4) is 5.75 Å². The van der Waals surface area contributed by atoms with Crippen LogP contribution >= 0.6 is 34.8 Å². The molecule has 0 atom stereocenters. The molecule has 0 saturated carbocycles. The van der Waals surface area contributed by atoms with Gasteiger partial charge in [0.25, 0.3) is 0 Å². The van der Waals surface area contributed by atoms with Gasteiger partial charge in [0, 0.05) is 29.1 Å². The van der Waals surface area contributed by atoms with Gasteiger partial charge in [0.2, 0.25) is 5.91 Å². The van der Waals surface area contributed by atoms with Crippen LogP contribution < -0.4 is 15.4 Å². The Morgan fingerprint density at radius 1 is 1.08 bits per heavy atom. The molecule has 7 heteroatoms. The van der Waals surface area contributed by atoms with E-state index in [9.17, 15) is 4.79 Å². The molecule has 2 N–H and O–H groups in total. The minimum Gasteiger partial charge on any atom is -0.495 e. The van der Waals surface area contributed by atoms with Crippen LogP contribution in [0.25, 0.3) is 0 Å². The van der Waals surface area contributed by atoms with Crippen LogP contribution in [0.3, 0.4) is 0 Å². The summed E-state index contributed by atoms with van der Waals surface area (Å²) in [5, 5.41) is 7.49. The summed E-state index contributed by atoms with van der Waals surface area (Å²) >= 11 is 18.0. The third-order valence-electron chi connectivity index (χ3n) is 3.35. The zero-order valence-corrected chi connectivity index (χ0v) is 15.5. The second-order valence-corrected chi connectivity index (χ2v) is 6.40. The summed E-state index contributed by atoms with van der Waals surface area (Å²) in [5.41, 5.74) is 2.21. The predicted molar refractivity (Wildman–Crippen MR) is 101 cm³/mol. The number of nitrogens with one attached hydrogen (secondary N) is 2. The first-order valence-electron chi connectivity index (χ1n) is 7.23. The average Bonchev–Trinajstić information content (AvgIpc) is 2.54. The molecule has 0 aliphatic heterocycles. The van der Waals surface area contributed by atoms with Gasteiger partial charge in [-0.2, -0.15) is 0 Å². The molecule has 0 aliphatic rings. The Hall–Kier alpha value is -1.62. The third-order valence-corrected chi connectivity index (χ3v) is 4.32. The standard InChI is InChI=1S/C17H17Cl3N2O2/c1-10-7-15(16(24-2)9-13(10)20)21-6-5-17(23)22-14-8-11(18)3-4-12(14)19/h3-4,7-9,21H,5-6H2,1-2H3,(H,22,23). The minimum atomic E-state index is -0.170. The Labute approximate surface area is 156 Å². The van der Waals surface area contributed by atoms with E-state index < -0.39 is 0 Å². The maximum atomic E-state index is 12.0. The molecular formula is C17H17Cl3N2O2. The van der Waals surface area contributed by atoms with Crippen molar-refractivity contribution >= 4 is 52.1 Å². The van der Waals surface area contributed by atoms with Gasteiger partial charge in [0.1, 0.15) is 5.75 Å². The quantitative estimate of drug-likeness (QED) is 0.697. The first kappa shape index (κ1) is 18.7. The number of methoxy groups -OCH3 is 1. The van der Waals surface area contributed by atoms with Crippen LogP contribution in [0.2, 0.25) is 15.1 Å². The molecule has 2 rings (SSSR count). The third kappa shape index (κ3) is 4.94. The Kier molecular flexibility index (Phi) is 6.60. The summed E-state index contributed by atoms with van der Waals surface area (Å²) < 4.78 is 5.28. The highest BCUT2D eigenvalue weighted by atomic mass is 35.5. The first-order valence-corrected chi connectivity index (χ1v) is 8.37. The van der Waals surface area contributed by atoms with Crippen LogP contribution in [0.1, 0.15) is 12.0 Å². The molecule has 0 fully saturated rings. The molecule has 1 amide bonds. The molecular weight excluding hydrogens is 371 g/mol. The van der Waals surface area contributed by atoms with Crippen LogP contribution in [-0.4, -0.2) is 19.6 Å². The van der Waals surface area contributed by atoms with E-state index in [1.807, 2.05) is 13.0 Å². The number of ether oxygens (including phenoxy) is 1. The van der Waals surface area contributed by atoms with E-state index in [2.05, 4.69) is 10.6 Å². The number of amides is 1. The summed E-state index contributed by atoms with van der Waals surface area (Å²) in [5.74, 6) is 0.459. The maximum absolute atomic E-state index is 12.0. The highest BCUT2D eigenvalue weighted by Gasteiger charge is 2.09. The largest absolute Gasteiger partial charge is 0.495 e. The second-order valence-electron chi connectivity index (χ2n) is 5.15. The summed E-state index contributed by atoms with van der Waals surface area (Å²) in [6.07, 6.45) is 0.258. The zero-order valence-electron chi connectivity index (χ0n) is 13.3. The molecule has 0 aromatic heterocycles. The molecule has 24 heavy (non-hydrogen) atoms. The van der Waals surface area contributed by atoms with E-state index in [0.29, 0.717) is 33.0 Å². The number of hydrogen-bond donors (Lipinski definition) is 2. The van der Waals surface area contributed by atoms with Crippen LogP contribution in [0.5, 0.6) is 5.75 Å². The van der Waals surface area contributed by atoms with Gasteiger partial charge in [0.05, 0.1) is 23.5 Å². The van der Waals surface area contributed by atoms with Crippen molar-refractivity contribution in [1.29, 1.82) is 0 Å².